The molecule has 0 aliphatic carbocycles. The Hall–Kier alpha value is -1.79. The maximum absolute atomic E-state index is 12.3. The van der Waals surface area contributed by atoms with Gasteiger partial charge in [0.05, 0.1) is 37.5 Å². The lowest BCUT2D eigenvalue weighted by atomic mass is 9.79. The largest absolute Gasteiger partial charge is 0.441 e. The maximum atomic E-state index is 12.3. The van der Waals surface area contributed by atoms with Gasteiger partial charge < -0.3 is 9.64 Å². The third kappa shape index (κ3) is 2.71. The second-order valence-corrected chi connectivity index (χ2v) is 5.85. The van der Waals surface area contributed by atoms with Crippen molar-refractivity contribution in [2.75, 3.05) is 13.6 Å². The van der Waals surface area contributed by atoms with Crippen molar-refractivity contribution in [1.29, 1.82) is 0 Å². The lowest BCUT2D eigenvalue weighted by molar-refractivity contribution is -0.915. The van der Waals surface area contributed by atoms with Crippen LogP contribution in [0.1, 0.15) is 30.6 Å². The number of nitrogens with one attached hydrogen (secondary N) is 1. The Morgan fingerprint density at radius 2 is 2.05 bits per heavy atom. The van der Waals surface area contributed by atoms with Crippen molar-refractivity contribution in [1.82, 2.24) is 0 Å². The predicted octanol–water partition coefficient (Wildman–Crippen LogP) is 1.16. The second-order valence-electron chi connectivity index (χ2n) is 5.85. The van der Waals surface area contributed by atoms with Crippen LogP contribution >= 0.6 is 0 Å². The Labute approximate surface area is 120 Å². The van der Waals surface area contributed by atoms with Crippen LogP contribution in [0, 0.1) is 18.3 Å². The number of quaternary nitrogens is 1. The molecule has 0 amide bonds. The average Bonchev–Trinajstić information content (AvgIpc) is 2.45. The molecule has 3 heteroatoms. The van der Waals surface area contributed by atoms with Gasteiger partial charge in [-0.2, -0.15) is 0 Å². The Kier molecular flexibility index (Phi) is 4.15. The molecule has 1 aromatic rings. The number of carbonyl (C=O) groups is 1. The summed E-state index contributed by atoms with van der Waals surface area (Å²) in [6, 6.07) is 9.40. The van der Waals surface area contributed by atoms with Crippen molar-refractivity contribution in [2.45, 2.75) is 31.9 Å². The zero-order valence-corrected chi connectivity index (χ0v) is 12.3. The number of hydrogen-bond donors (Lipinski definition) is 1. The van der Waals surface area contributed by atoms with Crippen LogP contribution in [0.25, 0.3) is 0 Å². The number of carbonyl (C=O) groups excluding carboxylic acids is 1. The summed E-state index contributed by atoms with van der Waals surface area (Å²) in [5.74, 6) is 2.58. The highest BCUT2D eigenvalue weighted by molar-refractivity contribution is 5.89. The van der Waals surface area contributed by atoms with E-state index in [1.54, 1.807) is 12.1 Å². The van der Waals surface area contributed by atoms with E-state index in [0.29, 0.717) is 18.0 Å². The van der Waals surface area contributed by atoms with Crippen molar-refractivity contribution in [3.8, 4) is 12.3 Å². The molecule has 0 radical (unpaired) electrons. The minimum absolute atomic E-state index is 0.149. The lowest BCUT2D eigenvalue weighted by Crippen LogP contribution is -3.15. The highest BCUT2D eigenvalue weighted by atomic mass is 16.6. The van der Waals surface area contributed by atoms with Gasteiger partial charge in [0.1, 0.15) is 0 Å². The van der Waals surface area contributed by atoms with Gasteiger partial charge in [-0.25, -0.2) is 4.79 Å². The van der Waals surface area contributed by atoms with Crippen LogP contribution in [0.2, 0.25) is 0 Å². The lowest BCUT2D eigenvalue weighted by Gasteiger charge is -2.42. The van der Waals surface area contributed by atoms with Crippen molar-refractivity contribution in [3.05, 3.63) is 35.9 Å². The van der Waals surface area contributed by atoms with E-state index in [4.69, 9.17) is 11.2 Å². The molecule has 1 unspecified atom stereocenters. The molecule has 1 heterocycles. The van der Waals surface area contributed by atoms with Crippen molar-refractivity contribution < 1.29 is 14.4 Å². The third-order valence-electron chi connectivity index (χ3n) is 4.40. The molecule has 3 nitrogen and oxygen atoms in total. The molecule has 0 saturated carbocycles. The average molecular weight is 272 g/mol. The Morgan fingerprint density at radius 3 is 2.65 bits per heavy atom. The molecule has 1 N–H and O–H groups in total. The number of benzene rings is 1. The molecule has 1 saturated heterocycles. The smallest absolute Gasteiger partial charge is 0.339 e. The topological polar surface area (TPSA) is 30.7 Å². The van der Waals surface area contributed by atoms with E-state index in [1.165, 1.54) is 4.90 Å². The summed E-state index contributed by atoms with van der Waals surface area (Å²) in [6.45, 7) is 5.12. The van der Waals surface area contributed by atoms with E-state index in [1.807, 2.05) is 18.2 Å². The first kappa shape index (κ1) is 14.6. The summed E-state index contributed by atoms with van der Waals surface area (Å²) >= 11 is 0. The third-order valence-corrected chi connectivity index (χ3v) is 4.40. The van der Waals surface area contributed by atoms with Crippen LogP contribution in [-0.2, 0) is 4.74 Å². The van der Waals surface area contributed by atoms with Gasteiger partial charge in [-0.3, -0.25) is 0 Å². The number of piperidine rings is 1. The second kappa shape index (κ2) is 5.68. The van der Waals surface area contributed by atoms with Gasteiger partial charge in [0.25, 0.3) is 0 Å². The Morgan fingerprint density at radius 1 is 1.40 bits per heavy atom. The zero-order chi connectivity index (χ0) is 14.8. The summed E-state index contributed by atoms with van der Waals surface area (Å²) < 4.78 is 5.76. The molecule has 106 valence electrons. The molecule has 4 atom stereocenters. The summed E-state index contributed by atoms with van der Waals surface area (Å²) in [4.78, 5) is 13.7. The molecule has 0 bridgehead atoms. The minimum Gasteiger partial charge on any atom is -0.441 e. The number of likely N-dealkylation sites (tertiary alicyclic amines) is 1. The number of rotatable bonds is 2. The van der Waals surface area contributed by atoms with E-state index < -0.39 is 5.60 Å². The van der Waals surface area contributed by atoms with Crippen LogP contribution < -0.4 is 4.90 Å². The van der Waals surface area contributed by atoms with Crippen LogP contribution in [0.5, 0.6) is 0 Å². The maximum Gasteiger partial charge on any atom is 0.339 e. The summed E-state index contributed by atoms with van der Waals surface area (Å²) in [5.41, 5.74) is -0.237. The van der Waals surface area contributed by atoms with E-state index in [9.17, 15) is 4.79 Å². The monoisotopic (exact) mass is 272 g/mol. The molecule has 0 spiro atoms. The first-order chi connectivity index (χ1) is 9.48. The predicted molar refractivity (Wildman–Crippen MR) is 78.4 cm³/mol. The molecule has 1 aliphatic rings. The van der Waals surface area contributed by atoms with E-state index in [-0.39, 0.29) is 11.9 Å². The standard InChI is InChI=1S/C17H21NO2/c1-5-17(11-14(3)18(4)12-13(17)2)20-16(19)15-9-7-6-8-10-15/h1,6-10,13-14H,11-12H2,2-4H3/p+1/t13-,14+,17-/m0/s1. The highest BCUT2D eigenvalue weighted by Crippen LogP contribution is 2.29. The van der Waals surface area contributed by atoms with Gasteiger partial charge in [0.2, 0.25) is 0 Å². The van der Waals surface area contributed by atoms with Crippen molar-refractivity contribution >= 4 is 5.97 Å². The van der Waals surface area contributed by atoms with Gasteiger partial charge in [0, 0.05) is 0 Å². The van der Waals surface area contributed by atoms with E-state index >= 15 is 0 Å². The minimum atomic E-state index is -0.786. The van der Waals surface area contributed by atoms with Crippen LogP contribution in [0.3, 0.4) is 0 Å². The van der Waals surface area contributed by atoms with Gasteiger partial charge in [-0.15, -0.1) is 6.42 Å². The normalized spacial score (nSPS) is 33.2. The van der Waals surface area contributed by atoms with Crippen molar-refractivity contribution in [2.24, 2.45) is 5.92 Å². The number of hydrogen-bond acceptors (Lipinski definition) is 2. The van der Waals surface area contributed by atoms with Gasteiger partial charge in [-0.1, -0.05) is 31.0 Å². The zero-order valence-electron chi connectivity index (χ0n) is 12.3. The molecule has 0 aromatic heterocycles. The molecule has 1 aliphatic heterocycles. The molecule has 2 rings (SSSR count). The molecule has 1 fully saturated rings. The number of ether oxygens (including phenoxy) is 1. The fraction of sp³-hybridized carbons (Fsp3) is 0.471. The van der Waals surface area contributed by atoms with E-state index in [2.05, 4.69) is 26.8 Å². The Bertz CT molecular complexity index is 520. The first-order valence-corrected chi connectivity index (χ1v) is 7.07. The van der Waals surface area contributed by atoms with Crippen LogP contribution in [0.4, 0.5) is 0 Å². The first-order valence-electron chi connectivity index (χ1n) is 7.07. The summed E-state index contributed by atoms with van der Waals surface area (Å²) in [5, 5.41) is 0. The van der Waals surface area contributed by atoms with Gasteiger partial charge >= 0.3 is 5.97 Å². The van der Waals surface area contributed by atoms with Crippen LogP contribution in [0.15, 0.2) is 30.3 Å². The van der Waals surface area contributed by atoms with Gasteiger partial charge in [0.15, 0.2) is 5.60 Å². The molecule has 20 heavy (non-hydrogen) atoms. The van der Waals surface area contributed by atoms with E-state index in [0.717, 1.165) is 6.54 Å². The molecular formula is C17H22NO2+. The Balaban J connectivity index is 2.20. The highest BCUT2D eigenvalue weighted by Gasteiger charge is 2.47. The number of esters is 1. The number of terminal acetylenes is 1. The summed E-state index contributed by atoms with van der Waals surface area (Å²) in [6.07, 6.45) is 6.43. The fourth-order valence-corrected chi connectivity index (χ4v) is 2.85. The fourth-order valence-electron chi connectivity index (χ4n) is 2.85. The summed E-state index contributed by atoms with van der Waals surface area (Å²) in [7, 11) is 2.15. The SMILES string of the molecule is C#C[C@]1(OC(=O)c2ccccc2)C[C@@H](C)[NH+](C)C[C@@H]1C. The molecular weight excluding hydrogens is 250 g/mol. The quantitative estimate of drug-likeness (QED) is 0.647. The van der Waals surface area contributed by atoms with Crippen molar-refractivity contribution in [3.63, 3.8) is 0 Å². The van der Waals surface area contributed by atoms with Gasteiger partial charge in [-0.05, 0) is 19.1 Å². The molecule has 1 aromatic carbocycles. The van der Waals surface area contributed by atoms with Crippen LogP contribution in [-0.4, -0.2) is 31.2 Å².